The smallest absolute Gasteiger partial charge is 0.285 e. The molecule has 4 rings (SSSR count). The summed E-state index contributed by atoms with van der Waals surface area (Å²) in [6, 6.07) is 0. The number of hydrogen-bond acceptors (Lipinski definition) is 4. The minimum atomic E-state index is -0.991. The van der Waals surface area contributed by atoms with Crippen molar-refractivity contribution in [2.45, 2.75) is 58.5 Å². The van der Waals surface area contributed by atoms with E-state index < -0.39 is 28.6 Å². The van der Waals surface area contributed by atoms with Crippen LogP contribution in [0.15, 0.2) is 23.8 Å². The molecule has 27 heavy (non-hydrogen) atoms. The molecule has 3 N–H and O–H groups in total. The van der Waals surface area contributed by atoms with E-state index in [0.717, 1.165) is 19.3 Å². The van der Waals surface area contributed by atoms with Crippen molar-refractivity contribution in [1.82, 2.24) is 0 Å². The second-order valence-corrected chi connectivity index (χ2v) is 9.71. The summed E-state index contributed by atoms with van der Waals surface area (Å²) in [6.07, 6.45) is 9.11. The standard InChI is InChI=1S/C22H29NO4/c1-12-11-22(27)16-5-4-13-10-14(24)6-8-20(13,2)15(16)7-9-21(22,3)17(12)18(25)19(23)26/h6,8,10,12,15-17,27H,4-5,7,9,11H2,1-3H3,(H2,23,26)/t12-,15+,16-,17-,20+,21-,22?/m1/s1. The van der Waals surface area contributed by atoms with Crippen LogP contribution in [-0.4, -0.2) is 28.2 Å². The summed E-state index contributed by atoms with van der Waals surface area (Å²) < 4.78 is 0. The van der Waals surface area contributed by atoms with Gasteiger partial charge in [-0.1, -0.05) is 32.4 Å². The zero-order chi connectivity index (χ0) is 19.8. The highest BCUT2D eigenvalue weighted by molar-refractivity contribution is 6.36. The predicted octanol–water partition coefficient (Wildman–Crippen LogP) is 2.33. The van der Waals surface area contributed by atoms with E-state index in [1.807, 2.05) is 19.9 Å². The molecule has 3 saturated carbocycles. The van der Waals surface area contributed by atoms with Crippen LogP contribution < -0.4 is 5.73 Å². The summed E-state index contributed by atoms with van der Waals surface area (Å²) in [6.45, 7) is 6.11. The van der Waals surface area contributed by atoms with Crippen molar-refractivity contribution in [3.05, 3.63) is 23.8 Å². The fourth-order valence-corrected chi connectivity index (χ4v) is 7.29. The third kappa shape index (κ3) is 2.24. The number of amides is 1. The first kappa shape index (κ1) is 18.6. The van der Waals surface area contributed by atoms with Gasteiger partial charge in [-0.3, -0.25) is 14.4 Å². The minimum absolute atomic E-state index is 0.0434. The summed E-state index contributed by atoms with van der Waals surface area (Å²) in [5.74, 6) is -1.71. The summed E-state index contributed by atoms with van der Waals surface area (Å²) in [5, 5.41) is 12.0. The second-order valence-electron chi connectivity index (χ2n) is 9.71. The van der Waals surface area contributed by atoms with E-state index in [2.05, 4.69) is 6.92 Å². The number of carbonyl (C=O) groups excluding carboxylic acids is 3. The highest BCUT2D eigenvalue weighted by Crippen LogP contribution is 2.68. The SMILES string of the molecule is C[C@@H]1CC2(O)[C@@H]3CCC4=CC(=O)C=C[C@]4(C)[C@H]3CC[C@]2(C)[C@H]1C(=O)C(N)=O. The number of ketones is 2. The number of nitrogens with two attached hydrogens (primary N) is 1. The van der Waals surface area contributed by atoms with Crippen molar-refractivity contribution in [3.63, 3.8) is 0 Å². The van der Waals surface area contributed by atoms with Gasteiger partial charge in [-0.15, -0.1) is 0 Å². The molecular formula is C22H29NO4. The first-order valence-corrected chi connectivity index (χ1v) is 10.0. The van der Waals surface area contributed by atoms with Crippen LogP contribution >= 0.6 is 0 Å². The molecule has 0 radical (unpaired) electrons. The Morgan fingerprint density at radius 2 is 1.93 bits per heavy atom. The largest absolute Gasteiger partial charge is 0.389 e. The van der Waals surface area contributed by atoms with Crippen molar-refractivity contribution < 1.29 is 19.5 Å². The topological polar surface area (TPSA) is 97.5 Å². The van der Waals surface area contributed by atoms with Gasteiger partial charge in [0.15, 0.2) is 5.78 Å². The molecule has 0 aromatic carbocycles. The first-order valence-electron chi connectivity index (χ1n) is 10.0. The van der Waals surface area contributed by atoms with Crippen LogP contribution in [0.5, 0.6) is 0 Å². The van der Waals surface area contributed by atoms with Crippen LogP contribution in [0.25, 0.3) is 0 Å². The molecule has 0 heterocycles. The molecule has 1 unspecified atom stereocenters. The lowest BCUT2D eigenvalue weighted by Crippen LogP contribution is -2.61. The molecule has 0 aliphatic heterocycles. The molecule has 0 saturated heterocycles. The van der Waals surface area contributed by atoms with Crippen LogP contribution in [-0.2, 0) is 14.4 Å². The highest BCUT2D eigenvalue weighted by Gasteiger charge is 2.69. The number of aliphatic hydroxyl groups is 1. The van der Waals surface area contributed by atoms with E-state index >= 15 is 0 Å². The maximum atomic E-state index is 12.6. The molecule has 3 fully saturated rings. The lowest BCUT2D eigenvalue weighted by atomic mass is 9.46. The Morgan fingerprint density at radius 3 is 2.59 bits per heavy atom. The van der Waals surface area contributed by atoms with Gasteiger partial charge in [-0.25, -0.2) is 0 Å². The van der Waals surface area contributed by atoms with E-state index in [0.29, 0.717) is 12.8 Å². The Hall–Kier alpha value is -1.75. The van der Waals surface area contributed by atoms with Crippen molar-refractivity contribution >= 4 is 17.5 Å². The van der Waals surface area contributed by atoms with Gasteiger partial charge in [0.05, 0.1) is 5.60 Å². The lowest BCUT2D eigenvalue weighted by molar-refractivity contribution is -0.181. The van der Waals surface area contributed by atoms with Gasteiger partial charge < -0.3 is 10.8 Å². The fraction of sp³-hybridized carbons (Fsp3) is 0.682. The second kappa shape index (κ2) is 5.63. The van der Waals surface area contributed by atoms with Crippen LogP contribution in [0, 0.1) is 34.5 Å². The highest BCUT2D eigenvalue weighted by atomic mass is 16.3. The maximum absolute atomic E-state index is 12.6. The Morgan fingerprint density at radius 1 is 1.22 bits per heavy atom. The first-order chi connectivity index (χ1) is 12.5. The molecule has 146 valence electrons. The van der Waals surface area contributed by atoms with Gasteiger partial charge in [0.1, 0.15) is 0 Å². The predicted molar refractivity (Wildman–Crippen MR) is 100 cm³/mol. The Bertz CT molecular complexity index is 798. The summed E-state index contributed by atoms with van der Waals surface area (Å²) in [5.41, 5.74) is 4.66. The minimum Gasteiger partial charge on any atom is -0.389 e. The van der Waals surface area contributed by atoms with Gasteiger partial charge in [-0.2, -0.15) is 0 Å². The van der Waals surface area contributed by atoms with Crippen molar-refractivity contribution in [3.8, 4) is 0 Å². The van der Waals surface area contributed by atoms with Crippen LogP contribution in [0.1, 0.15) is 52.9 Å². The van der Waals surface area contributed by atoms with E-state index in [1.54, 1.807) is 12.2 Å². The van der Waals surface area contributed by atoms with Gasteiger partial charge in [-0.05, 0) is 62.0 Å². The van der Waals surface area contributed by atoms with Gasteiger partial charge >= 0.3 is 0 Å². The summed E-state index contributed by atoms with van der Waals surface area (Å²) in [4.78, 5) is 36.1. The lowest BCUT2D eigenvalue weighted by Gasteiger charge is -2.60. The molecule has 4 aliphatic rings. The van der Waals surface area contributed by atoms with Crippen molar-refractivity contribution in [1.29, 1.82) is 0 Å². The Kier molecular flexibility index (Phi) is 3.88. The number of carbonyl (C=O) groups is 3. The number of Topliss-reactive ketones (excluding diaryl/α,β-unsaturated/α-hetero) is 1. The van der Waals surface area contributed by atoms with Crippen molar-refractivity contribution in [2.24, 2.45) is 40.2 Å². The van der Waals surface area contributed by atoms with Crippen LogP contribution in [0.3, 0.4) is 0 Å². The maximum Gasteiger partial charge on any atom is 0.285 e. The Labute approximate surface area is 160 Å². The normalized spacial score (nSPS) is 48.3. The van der Waals surface area contributed by atoms with E-state index in [1.165, 1.54) is 5.57 Å². The van der Waals surface area contributed by atoms with E-state index in [9.17, 15) is 19.5 Å². The zero-order valence-corrected chi connectivity index (χ0v) is 16.3. The number of rotatable bonds is 2. The summed E-state index contributed by atoms with van der Waals surface area (Å²) in [7, 11) is 0. The molecule has 5 nitrogen and oxygen atoms in total. The Balaban J connectivity index is 1.75. The quantitative estimate of drug-likeness (QED) is 0.728. The molecule has 0 spiro atoms. The van der Waals surface area contributed by atoms with Crippen LogP contribution in [0.2, 0.25) is 0 Å². The van der Waals surface area contributed by atoms with E-state index in [4.69, 9.17) is 5.73 Å². The monoisotopic (exact) mass is 371 g/mol. The number of hydrogen-bond donors (Lipinski definition) is 2. The third-order valence-corrected chi connectivity index (χ3v) is 8.57. The fourth-order valence-electron chi connectivity index (χ4n) is 7.29. The number of allylic oxidation sites excluding steroid dienone is 4. The van der Waals surface area contributed by atoms with Gasteiger partial charge in [0.25, 0.3) is 5.91 Å². The average Bonchev–Trinajstić information content (AvgIpc) is 2.80. The average molecular weight is 371 g/mol. The molecule has 0 aromatic rings. The van der Waals surface area contributed by atoms with Crippen LogP contribution in [0.4, 0.5) is 0 Å². The molecular weight excluding hydrogens is 342 g/mol. The molecule has 4 aliphatic carbocycles. The molecule has 0 aromatic heterocycles. The van der Waals surface area contributed by atoms with Crippen molar-refractivity contribution in [2.75, 3.05) is 0 Å². The molecule has 0 bridgehead atoms. The third-order valence-electron chi connectivity index (χ3n) is 8.57. The van der Waals surface area contributed by atoms with Gasteiger partial charge in [0.2, 0.25) is 5.78 Å². The molecule has 5 heteroatoms. The number of primary amides is 1. The van der Waals surface area contributed by atoms with E-state index in [-0.39, 0.29) is 29.0 Å². The molecule has 7 atom stereocenters. The van der Waals surface area contributed by atoms with Gasteiger partial charge in [0, 0.05) is 16.7 Å². The summed E-state index contributed by atoms with van der Waals surface area (Å²) >= 11 is 0. The number of fused-ring (bicyclic) bond motifs is 5. The molecule has 1 amide bonds. The zero-order valence-electron chi connectivity index (χ0n) is 16.3.